The van der Waals surface area contributed by atoms with Gasteiger partial charge in [-0.2, -0.15) is 0 Å². The van der Waals surface area contributed by atoms with E-state index in [1.54, 1.807) is 27.7 Å². The van der Waals surface area contributed by atoms with Crippen molar-refractivity contribution in [1.82, 2.24) is 0 Å². The minimum atomic E-state index is -0.867. The van der Waals surface area contributed by atoms with Gasteiger partial charge in [-0.25, -0.2) is 0 Å². The number of hydrogen-bond acceptors (Lipinski definition) is 4. The summed E-state index contributed by atoms with van der Waals surface area (Å²) in [5.41, 5.74) is -0.477. The fourth-order valence-corrected chi connectivity index (χ4v) is 2.85. The highest BCUT2D eigenvalue weighted by molar-refractivity contribution is 5.73. The molecule has 4 N–H and O–H groups in total. The zero-order valence-electron chi connectivity index (χ0n) is 16.0. The molecule has 26 heavy (non-hydrogen) atoms. The van der Waals surface area contributed by atoms with E-state index in [4.69, 9.17) is 0 Å². The van der Waals surface area contributed by atoms with Crippen molar-refractivity contribution in [3.8, 4) is 11.5 Å². The lowest BCUT2D eigenvalue weighted by atomic mass is 9.84. The van der Waals surface area contributed by atoms with Gasteiger partial charge in [0, 0.05) is 11.1 Å². The molecule has 6 heteroatoms. The molecule has 0 bridgehead atoms. The average Bonchev–Trinajstić information content (AvgIpc) is 2.52. The van der Waals surface area contributed by atoms with Gasteiger partial charge in [0.2, 0.25) is 0 Å². The Balaban J connectivity index is 2.85. The maximum absolute atomic E-state index is 11.2. The van der Waals surface area contributed by atoms with Gasteiger partial charge in [-0.15, -0.1) is 0 Å². The summed E-state index contributed by atoms with van der Waals surface area (Å²) in [5, 5.41) is 38.7. The molecule has 0 atom stereocenters. The Morgan fingerprint density at radius 3 is 1.35 bits per heavy atom. The van der Waals surface area contributed by atoms with E-state index in [1.807, 2.05) is 0 Å². The number of hydrogen-bond donors (Lipinski definition) is 4. The van der Waals surface area contributed by atoms with Crippen LogP contribution in [-0.2, 0) is 22.4 Å². The van der Waals surface area contributed by atoms with Crippen molar-refractivity contribution in [2.45, 2.75) is 66.2 Å². The Labute approximate surface area is 154 Å². The van der Waals surface area contributed by atoms with Crippen LogP contribution in [0.5, 0.6) is 11.5 Å². The molecule has 0 amide bonds. The highest BCUT2D eigenvalue weighted by atomic mass is 16.4. The molecule has 0 radical (unpaired) electrons. The lowest BCUT2D eigenvalue weighted by Gasteiger charge is -2.21. The number of phenols is 2. The molecule has 0 aliphatic rings. The van der Waals surface area contributed by atoms with Gasteiger partial charge in [0.15, 0.2) is 0 Å². The summed E-state index contributed by atoms with van der Waals surface area (Å²) >= 11 is 0. The van der Waals surface area contributed by atoms with Crippen LogP contribution in [0.3, 0.4) is 0 Å². The largest absolute Gasteiger partial charge is 0.508 e. The molecule has 0 fully saturated rings. The third-order valence-electron chi connectivity index (χ3n) is 5.00. The minimum absolute atomic E-state index is 0.0726. The fraction of sp³-hybridized carbons (Fsp3) is 0.600. The van der Waals surface area contributed by atoms with Crippen LogP contribution in [0.1, 0.15) is 64.5 Å². The van der Waals surface area contributed by atoms with E-state index in [9.17, 15) is 30.0 Å². The molecule has 0 saturated carbocycles. The molecule has 0 saturated heterocycles. The zero-order chi connectivity index (χ0) is 20.1. The van der Waals surface area contributed by atoms with Crippen LogP contribution in [0.4, 0.5) is 0 Å². The number of carboxylic acids is 2. The first-order valence-electron chi connectivity index (χ1n) is 8.88. The molecule has 1 aromatic rings. The van der Waals surface area contributed by atoms with Crippen molar-refractivity contribution in [3.05, 3.63) is 23.3 Å². The molecule has 6 nitrogen and oxygen atoms in total. The first-order valence-corrected chi connectivity index (χ1v) is 8.88. The maximum atomic E-state index is 11.2. The second kappa shape index (κ2) is 8.43. The lowest BCUT2D eigenvalue weighted by molar-refractivity contribution is -0.148. The van der Waals surface area contributed by atoms with E-state index in [0.717, 1.165) is 0 Å². The molecule has 0 unspecified atom stereocenters. The Morgan fingerprint density at radius 1 is 0.769 bits per heavy atom. The van der Waals surface area contributed by atoms with Crippen LogP contribution >= 0.6 is 0 Å². The quantitative estimate of drug-likeness (QED) is 0.466. The van der Waals surface area contributed by atoms with Crippen molar-refractivity contribution >= 4 is 11.9 Å². The summed E-state index contributed by atoms with van der Waals surface area (Å²) in [6, 6.07) is 2.86. The number of aliphatic carboxylic acids is 2. The zero-order valence-corrected chi connectivity index (χ0v) is 16.0. The smallest absolute Gasteiger partial charge is 0.309 e. The fourth-order valence-electron chi connectivity index (χ4n) is 2.85. The molecular formula is C20H30O6. The molecule has 0 aromatic heterocycles. The minimum Gasteiger partial charge on any atom is -0.508 e. The van der Waals surface area contributed by atoms with Gasteiger partial charge >= 0.3 is 11.9 Å². The third-order valence-corrected chi connectivity index (χ3v) is 5.00. The summed E-state index contributed by atoms with van der Waals surface area (Å²) in [5.74, 6) is -1.59. The van der Waals surface area contributed by atoms with Gasteiger partial charge in [-0.05, 0) is 78.4 Å². The summed E-state index contributed by atoms with van der Waals surface area (Å²) in [6.07, 6.45) is 2.92. The van der Waals surface area contributed by atoms with Crippen LogP contribution < -0.4 is 0 Å². The average molecular weight is 366 g/mol. The van der Waals surface area contributed by atoms with Gasteiger partial charge in [-0.3, -0.25) is 9.59 Å². The summed E-state index contributed by atoms with van der Waals surface area (Å²) in [6.45, 7) is 6.64. The Hall–Kier alpha value is -2.24. The van der Waals surface area contributed by atoms with E-state index in [1.165, 1.54) is 12.1 Å². The molecule has 146 valence electrons. The number of rotatable bonds is 10. The number of benzene rings is 1. The predicted molar refractivity (Wildman–Crippen MR) is 98.5 cm³/mol. The standard InChI is InChI=1S/C20H30O6/c1-19(2,17(23)24)11-5-7-13-14(16(22)10-9-15(13)21)8-6-12-20(3,4)18(25)26/h9-10,21-22H,5-8,11-12H2,1-4H3,(H,23,24)(H,25,26). The van der Waals surface area contributed by atoms with E-state index in [0.29, 0.717) is 49.7 Å². The van der Waals surface area contributed by atoms with E-state index < -0.39 is 22.8 Å². The number of phenolic OH excluding ortho intramolecular Hbond substituents is 2. The predicted octanol–water partition coefficient (Wildman–Crippen LogP) is 3.96. The summed E-state index contributed by atoms with van der Waals surface area (Å²) in [4.78, 5) is 22.4. The third kappa shape index (κ3) is 5.64. The molecule has 0 aliphatic carbocycles. The maximum Gasteiger partial charge on any atom is 0.309 e. The monoisotopic (exact) mass is 366 g/mol. The molecular weight excluding hydrogens is 336 g/mol. The van der Waals surface area contributed by atoms with Gasteiger partial charge in [0.1, 0.15) is 11.5 Å². The highest BCUT2D eigenvalue weighted by Gasteiger charge is 2.28. The van der Waals surface area contributed by atoms with Crippen molar-refractivity contribution in [3.63, 3.8) is 0 Å². The molecule has 1 aromatic carbocycles. The van der Waals surface area contributed by atoms with Crippen molar-refractivity contribution in [2.75, 3.05) is 0 Å². The summed E-state index contributed by atoms with van der Waals surface area (Å²) in [7, 11) is 0. The van der Waals surface area contributed by atoms with Gasteiger partial charge in [0.25, 0.3) is 0 Å². The van der Waals surface area contributed by atoms with Crippen molar-refractivity contribution < 1.29 is 30.0 Å². The molecule has 0 spiro atoms. The van der Waals surface area contributed by atoms with Crippen molar-refractivity contribution in [2.24, 2.45) is 10.8 Å². The second-order valence-corrected chi connectivity index (χ2v) is 8.15. The first kappa shape index (κ1) is 21.8. The van der Waals surface area contributed by atoms with E-state index >= 15 is 0 Å². The van der Waals surface area contributed by atoms with E-state index in [-0.39, 0.29) is 11.5 Å². The normalized spacial score (nSPS) is 12.2. The van der Waals surface area contributed by atoms with Gasteiger partial charge in [0.05, 0.1) is 10.8 Å². The topological polar surface area (TPSA) is 115 Å². The van der Waals surface area contributed by atoms with Gasteiger partial charge in [-0.1, -0.05) is 0 Å². The lowest BCUT2D eigenvalue weighted by Crippen LogP contribution is -2.23. The molecule has 0 heterocycles. The Kier molecular flexibility index (Phi) is 7.07. The molecule has 1 rings (SSSR count). The molecule has 0 aliphatic heterocycles. The van der Waals surface area contributed by atoms with Gasteiger partial charge < -0.3 is 20.4 Å². The van der Waals surface area contributed by atoms with Crippen LogP contribution in [0.25, 0.3) is 0 Å². The van der Waals surface area contributed by atoms with Crippen LogP contribution in [0.2, 0.25) is 0 Å². The SMILES string of the molecule is CC(C)(CCCc1c(O)ccc(O)c1CCCC(C)(C)C(=O)O)C(=O)O. The van der Waals surface area contributed by atoms with Crippen molar-refractivity contribution in [1.29, 1.82) is 0 Å². The number of carboxylic acid groups (broad SMARTS) is 2. The first-order chi connectivity index (χ1) is 11.9. The second-order valence-electron chi connectivity index (χ2n) is 8.15. The summed E-state index contributed by atoms with van der Waals surface area (Å²) < 4.78 is 0. The Bertz CT molecular complexity index is 604. The Morgan fingerprint density at radius 2 is 1.08 bits per heavy atom. The number of carbonyl (C=O) groups is 2. The van der Waals surface area contributed by atoms with Crippen LogP contribution in [0.15, 0.2) is 12.1 Å². The number of aromatic hydroxyl groups is 2. The van der Waals surface area contributed by atoms with Crippen LogP contribution in [0, 0.1) is 10.8 Å². The van der Waals surface area contributed by atoms with E-state index in [2.05, 4.69) is 0 Å². The highest BCUT2D eigenvalue weighted by Crippen LogP contribution is 2.34. The van der Waals surface area contributed by atoms with Crippen LogP contribution in [-0.4, -0.2) is 32.4 Å².